The number of carbonyl (C=O) groups excluding carboxylic acids is 1. The summed E-state index contributed by atoms with van der Waals surface area (Å²) in [5.74, 6) is 0.362. The molecule has 1 spiro atoms. The molecule has 30 heavy (non-hydrogen) atoms. The highest BCUT2D eigenvalue weighted by molar-refractivity contribution is 6.31. The molecule has 1 N–H and O–H groups in total. The number of oxazole rings is 1. The molecule has 1 amide bonds. The first-order chi connectivity index (χ1) is 14.5. The average Bonchev–Trinajstić information content (AvgIpc) is 3.17. The van der Waals surface area contributed by atoms with Gasteiger partial charge in [0.25, 0.3) is 0 Å². The Hall–Kier alpha value is -2.77. The van der Waals surface area contributed by atoms with E-state index in [9.17, 15) is 9.59 Å². The van der Waals surface area contributed by atoms with E-state index in [0.717, 1.165) is 49.2 Å². The Balaban J connectivity index is 1.20. The molecule has 7 nitrogen and oxygen atoms in total. The molecule has 1 saturated heterocycles. The third kappa shape index (κ3) is 3.09. The Morgan fingerprint density at radius 3 is 2.77 bits per heavy atom. The molecule has 2 aliphatic heterocycles. The molecule has 3 heterocycles. The van der Waals surface area contributed by atoms with Crippen molar-refractivity contribution in [3.63, 3.8) is 0 Å². The number of aryl methyl sites for hydroxylation is 1. The minimum absolute atomic E-state index is 0.0772. The number of amides is 1. The van der Waals surface area contributed by atoms with E-state index in [1.807, 2.05) is 30.3 Å². The van der Waals surface area contributed by atoms with Crippen LogP contribution >= 0.6 is 11.6 Å². The zero-order valence-electron chi connectivity index (χ0n) is 16.6. The molecule has 1 aromatic heterocycles. The van der Waals surface area contributed by atoms with Crippen LogP contribution in [-0.4, -0.2) is 41.6 Å². The van der Waals surface area contributed by atoms with E-state index < -0.39 is 5.41 Å². The van der Waals surface area contributed by atoms with Gasteiger partial charge in [-0.3, -0.25) is 14.3 Å². The molecule has 0 atom stereocenters. The fourth-order valence-electron chi connectivity index (χ4n) is 4.54. The van der Waals surface area contributed by atoms with Crippen molar-refractivity contribution in [3.05, 3.63) is 57.5 Å². The highest BCUT2D eigenvalue weighted by atomic mass is 35.5. The lowest BCUT2D eigenvalue weighted by molar-refractivity contribution is -0.122. The Morgan fingerprint density at radius 1 is 1.17 bits per heavy atom. The third-order valence-electron chi connectivity index (χ3n) is 6.33. The van der Waals surface area contributed by atoms with Gasteiger partial charge in [0, 0.05) is 30.4 Å². The number of anilines is 1. The molecular formula is C22H22ClN3O4. The number of aromatic nitrogens is 1. The number of hydrogen-bond donors (Lipinski definition) is 1. The van der Waals surface area contributed by atoms with E-state index in [1.54, 1.807) is 13.1 Å². The molecule has 0 unspecified atom stereocenters. The first kappa shape index (κ1) is 19.2. The lowest BCUT2D eigenvalue weighted by Crippen LogP contribution is -2.47. The van der Waals surface area contributed by atoms with Gasteiger partial charge in [0.15, 0.2) is 5.58 Å². The van der Waals surface area contributed by atoms with Crippen molar-refractivity contribution in [2.45, 2.75) is 18.3 Å². The molecule has 0 bridgehead atoms. The van der Waals surface area contributed by atoms with Gasteiger partial charge in [0.2, 0.25) is 5.91 Å². The fraction of sp³-hybridized carbons (Fsp3) is 0.364. The predicted molar refractivity (Wildman–Crippen MR) is 114 cm³/mol. The molecule has 156 valence electrons. The summed E-state index contributed by atoms with van der Waals surface area (Å²) in [4.78, 5) is 26.6. The van der Waals surface area contributed by atoms with Crippen LogP contribution in [0.5, 0.6) is 5.75 Å². The quantitative estimate of drug-likeness (QED) is 0.692. The van der Waals surface area contributed by atoms with E-state index >= 15 is 0 Å². The minimum Gasteiger partial charge on any atom is -0.492 e. The van der Waals surface area contributed by atoms with Crippen LogP contribution in [0.4, 0.5) is 5.69 Å². The van der Waals surface area contributed by atoms with Crippen LogP contribution in [-0.2, 0) is 17.3 Å². The highest BCUT2D eigenvalue weighted by Crippen LogP contribution is 2.45. The number of halogens is 1. The maximum atomic E-state index is 12.7. The normalized spacial score (nSPS) is 18.0. The van der Waals surface area contributed by atoms with Crippen molar-refractivity contribution in [3.8, 4) is 5.75 Å². The third-order valence-corrected chi connectivity index (χ3v) is 6.56. The second kappa shape index (κ2) is 7.18. The van der Waals surface area contributed by atoms with Gasteiger partial charge in [0.05, 0.1) is 10.9 Å². The van der Waals surface area contributed by atoms with Gasteiger partial charge in [-0.05, 0) is 61.8 Å². The van der Waals surface area contributed by atoms with Gasteiger partial charge in [-0.15, -0.1) is 0 Å². The average molecular weight is 428 g/mol. The second-order valence-electron chi connectivity index (χ2n) is 7.97. The highest BCUT2D eigenvalue weighted by Gasteiger charge is 2.48. The summed E-state index contributed by atoms with van der Waals surface area (Å²) in [5, 5.41) is 3.67. The number of nitrogens with zero attached hydrogens (tertiary/aromatic N) is 2. The van der Waals surface area contributed by atoms with Gasteiger partial charge in [-0.25, -0.2) is 4.79 Å². The first-order valence-electron chi connectivity index (χ1n) is 10.0. The number of likely N-dealkylation sites (tertiary alicyclic amines) is 1. The Kier molecular flexibility index (Phi) is 4.60. The summed E-state index contributed by atoms with van der Waals surface area (Å²) in [6.45, 7) is 2.91. The predicted octanol–water partition coefficient (Wildman–Crippen LogP) is 3.15. The number of rotatable bonds is 4. The van der Waals surface area contributed by atoms with Gasteiger partial charge in [0.1, 0.15) is 12.4 Å². The number of carbonyl (C=O) groups is 1. The SMILES string of the molecule is Cn1c(=O)oc2cc(OCCN3CCC4(CC3)C(=O)Nc3ccc(Cl)cc34)ccc21. The lowest BCUT2D eigenvalue weighted by atomic mass is 9.73. The maximum Gasteiger partial charge on any atom is 0.419 e. The summed E-state index contributed by atoms with van der Waals surface area (Å²) in [5.41, 5.74) is 2.68. The second-order valence-corrected chi connectivity index (χ2v) is 8.41. The van der Waals surface area contributed by atoms with E-state index in [-0.39, 0.29) is 11.7 Å². The van der Waals surface area contributed by atoms with Crippen LogP contribution in [0.25, 0.3) is 11.1 Å². The number of nitrogens with one attached hydrogen (secondary N) is 1. The minimum atomic E-state index is -0.479. The van der Waals surface area contributed by atoms with Gasteiger partial charge in [-0.2, -0.15) is 0 Å². The molecule has 3 aromatic rings. The number of hydrogen-bond acceptors (Lipinski definition) is 5. The van der Waals surface area contributed by atoms with Gasteiger partial charge >= 0.3 is 5.76 Å². The molecule has 1 fully saturated rings. The zero-order valence-corrected chi connectivity index (χ0v) is 17.4. The van der Waals surface area contributed by atoms with E-state index in [0.29, 0.717) is 23.0 Å². The van der Waals surface area contributed by atoms with Gasteiger partial charge < -0.3 is 14.5 Å². The fourth-order valence-corrected chi connectivity index (χ4v) is 4.71. The Bertz CT molecular complexity index is 1190. The Labute approximate surface area is 178 Å². The standard InChI is InChI=1S/C22H22ClN3O4/c1-25-18-5-3-15(13-19(18)30-21(25)28)29-11-10-26-8-6-22(7-9-26)16-12-14(23)2-4-17(16)24-20(22)27/h2-5,12-13H,6-11H2,1H3,(H,24,27). The van der Waals surface area contributed by atoms with E-state index in [2.05, 4.69) is 10.2 Å². The number of ether oxygens (including phenoxy) is 1. The van der Waals surface area contributed by atoms with Crippen molar-refractivity contribution in [2.24, 2.45) is 7.05 Å². The summed E-state index contributed by atoms with van der Waals surface area (Å²) >= 11 is 6.18. The van der Waals surface area contributed by atoms with Crippen molar-refractivity contribution in [2.75, 3.05) is 31.6 Å². The topological polar surface area (TPSA) is 76.7 Å². The maximum absolute atomic E-state index is 12.7. The van der Waals surface area contributed by atoms with E-state index in [4.69, 9.17) is 20.8 Å². The van der Waals surface area contributed by atoms with Crippen molar-refractivity contribution < 1.29 is 13.9 Å². The van der Waals surface area contributed by atoms with Crippen molar-refractivity contribution in [1.82, 2.24) is 9.47 Å². The molecule has 2 aliphatic rings. The van der Waals surface area contributed by atoms with Crippen molar-refractivity contribution in [1.29, 1.82) is 0 Å². The number of fused-ring (bicyclic) bond motifs is 3. The molecule has 5 rings (SSSR count). The number of piperidine rings is 1. The van der Waals surface area contributed by atoms with Crippen LogP contribution in [0, 0.1) is 0 Å². The van der Waals surface area contributed by atoms with E-state index in [1.165, 1.54) is 4.57 Å². The lowest BCUT2D eigenvalue weighted by Gasteiger charge is -2.37. The summed E-state index contributed by atoms with van der Waals surface area (Å²) in [6, 6.07) is 11.0. The molecule has 2 aromatic carbocycles. The van der Waals surface area contributed by atoms with Crippen LogP contribution in [0.1, 0.15) is 18.4 Å². The molecule has 0 aliphatic carbocycles. The molecule has 0 radical (unpaired) electrons. The molecule has 0 saturated carbocycles. The number of benzene rings is 2. The summed E-state index contributed by atoms with van der Waals surface area (Å²) in [6.07, 6.45) is 1.51. The summed E-state index contributed by atoms with van der Waals surface area (Å²) in [7, 11) is 1.68. The largest absolute Gasteiger partial charge is 0.492 e. The van der Waals surface area contributed by atoms with Crippen molar-refractivity contribution >= 4 is 34.3 Å². The summed E-state index contributed by atoms with van der Waals surface area (Å²) < 4.78 is 12.5. The first-order valence-corrected chi connectivity index (χ1v) is 10.4. The van der Waals surface area contributed by atoms with Crippen LogP contribution < -0.4 is 15.8 Å². The molecule has 8 heteroatoms. The smallest absolute Gasteiger partial charge is 0.419 e. The van der Waals surface area contributed by atoms with Crippen LogP contribution in [0.2, 0.25) is 5.02 Å². The zero-order chi connectivity index (χ0) is 20.9. The molecular weight excluding hydrogens is 406 g/mol. The van der Waals surface area contributed by atoms with Crippen LogP contribution in [0.3, 0.4) is 0 Å². The van der Waals surface area contributed by atoms with Gasteiger partial charge in [-0.1, -0.05) is 11.6 Å². The van der Waals surface area contributed by atoms with Crippen LogP contribution in [0.15, 0.2) is 45.6 Å². The Morgan fingerprint density at radius 2 is 1.97 bits per heavy atom. The monoisotopic (exact) mass is 427 g/mol.